The third kappa shape index (κ3) is 3.05. The highest BCUT2D eigenvalue weighted by Crippen LogP contribution is 2.35. The molecular formula is C9H8BrClFNOS. The molecule has 0 fully saturated rings. The fourth-order valence-corrected chi connectivity index (χ4v) is 2.08. The molecule has 0 amide bonds. The number of benzene rings is 1. The molecule has 1 aromatic carbocycles. The summed E-state index contributed by atoms with van der Waals surface area (Å²) in [5, 5.41) is 1.96. The monoisotopic (exact) mass is 311 g/mol. The van der Waals surface area contributed by atoms with E-state index in [1.807, 2.05) is 0 Å². The quantitative estimate of drug-likeness (QED) is 0.576. The zero-order valence-electron chi connectivity index (χ0n) is 8.05. The summed E-state index contributed by atoms with van der Waals surface area (Å²) in [6.07, 6.45) is 3.22. The van der Waals surface area contributed by atoms with Crippen LogP contribution in [0.1, 0.15) is 0 Å². The molecule has 2 nitrogen and oxygen atoms in total. The van der Waals surface area contributed by atoms with E-state index >= 15 is 0 Å². The van der Waals surface area contributed by atoms with Gasteiger partial charge < -0.3 is 0 Å². The van der Waals surface area contributed by atoms with E-state index in [2.05, 4.69) is 20.3 Å². The highest BCUT2D eigenvalue weighted by Gasteiger charge is 2.10. The molecule has 0 spiro atoms. The summed E-state index contributed by atoms with van der Waals surface area (Å²) in [7, 11) is -1.96. The summed E-state index contributed by atoms with van der Waals surface area (Å²) in [4.78, 5) is 10.6. The number of rotatable bonds is 1. The normalized spacial score (nSPS) is 11.0. The van der Waals surface area contributed by atoms with Crippen LogP contribution >= 0.6 is 27.5 Å². The highest BCUT2D eigenvalue weighted by atomic mass is 79.9. The molecule has 0 atom stereocenters. The van der Waals surface area contributed by atoms with Crippen molar-refractivity contribution in [3.8, 4) is 0 Å². The molecule has 0 saturated carbocycles. The van der Waals surface area contributed by atoms with E-state index in [1.54, 1.807) is 17.7 Å². The Morgan fingerprint density at radius 1 is 1.53 bits per heavy atom. The summed E-state index contributed by atoms with van der Waals surface area (Å²) in [6.45, 7) is 0. The third-order valence-corrected chi connectivity index (χ3v) is 3.86. The molecule has 1 aromatic rings. The third-order valence-electron chi connectivity index (χ3n) is 1.54. The molecule has 0 heterocycles. The zero-order valence-corrected chi connectivity index (χ0v) is 11.2. The Hall–Kier alpha value is -0.350. The van der Waals surface area contributed by atoms with Gasteiger partial charge >= 0.3 is 0 Å². The van der Waals surface area contributed by atoms with Crippen molar-refractivity contribution in [1.82, 2.24) is 0 Å². The van der Waals surface area contributed by atoms with Gasteiger partial charge in [-0.05, 0) is 40.6 Å². The molecule has 1 rings (SSSR count). The summed E-state index contributed by atoms with van der Waals surface area (Å²) >= 11 is 9.03. The SMILES string of the molecule is CS(C)(=C=O)=Nc1c(F)ccc(Br)c1Cl. The summed E-state index contributed by atoms with van der Waals surface area (Å²) in [5.74, 6) is -0.543. The first-order valence-electron chi connectivity index (χ1n) is 3.86. The second-order valence-corrected chi connectivity index (χ2v) is 7.27. The summed E-state index contributed by atoms with van der Waals surface area (Å²) in [6, 6.07) is 2.73. The smallest absolute Gasteiger partial charge is 0.166 e. The van der Waals surface area contributed by atoms with Crippen LogP contribution in [-0.4, -0.2) is 17.7 Å². The van der Waals surface area contributed by atoms with E-state index in [9.17, 15) is 9.18 Å². The molecule has 0 N–H and O–H groups in total. The molecule has 0 aromatic heterocycles. The average molecular weight is 313 g/mol. The number of carbonyl (C=O) groups excluding carboxylic acids is 1. The summed E-state index contributed by atoms with van der Waals surface area (Å²) in [5.41, 5.74) is 0.00870. The molecule has 0 aliphatic rings. The van der Waals surface area contributed by atoms with E-state index in [0.29, 0.717) is 4.47 Å². The van der Waals surface area contributed by atoms with Gasteiger partial charge in [-0.1, -0.05) is 21.0 Å². The van der Waals surface area contributed by atoms with E-state index < -0.39 is 15.2 Å². The van der Waals surface area contributed by atoms with Crippen molar-refractivity contribution in [2.45, 2.75) is 0 Å². The Bertz CT molecular complexity index is 537. The Kier molecular flexibility index (Phi) is 3.95. The maximum absolute atomic E-state index is 13.4. The number of hydrogen-bond acceptors (Lipinski definition) is 2. The molecule has 82 valence electrons. The number of nitrogens with zero attached hydrogens (tertiary/aromatic N) is 1. The van der Waals surface area contributed by atoms with Crippen LogP contribution in [0.5, 0.6) is 0 Å². The Labute approximate surface area is 101 Å². The number of halogens is 3. The molecule has 0 saturated heterocycles. The van der Waals surface area contributed by atoms with Crippen LogP contribution in [0.25, 0.3) is 0 Å². The molecule has 0 unspecified atom stereocenters. The minimum absolute atomic E-state index is 0.00870. The lowest BCUT2D eigenvalue weighted by Gasteiger charge is -2.04. The standard InChI is InChI=1S/C9H8BrClFNOS/c1-15(2,5-14)13-9-7(12)4-3-6(10)8(9)11/h3-4H,1-2H3. The minimum Gasteiger partial charge on any atom is -0.226 e. The van der Waals surface area contributed by atoms with Gasteiger partial charge in [0.1, 0.15) is 5.69 Å². The fraction of sp³-hybridized carbons (Fsp3) is 0.222. The predicted octanol–water partition coefficient (Wildman–Crippen LogP) is 3.54. The van der Waals surface area contributed by atoms with Crippen molar-refractivity contribution >= 4 is 47.9 Å². The maximum atomic E-state index is 13.4. The van der Waals surface area contributed by atoms with Gasteiger partial charge in [0, 0.05) is 4.47 Å². The first-order valence-corrected chi connectivity index (χ1v) is 7.44. The Balaban J connectivity index is 3.60. The van der Waals surface area contributed by atoms with Gasteiger partial charge in [0.15, 0.2) is 11.1 Å². The van der Waals surface area contributed by atoms with Gasteiger partial charge in [-0.3, -0.25) is 0 Å². The first kappa shape index (κ1) is 12.7. The van der Waals surface area contributed by atoms with Gasteiger partial charge in [-0.25, -0.2) is 13.5 Å². The second kappa shape index (κ2) is 4.66. The maximum Gasteiger partial charge on any atom is 0.166 e. The minimum atomic E-state index is -1.96. The van der Waals surface area contributed by atoms with E-state index in [1.165, 1.54) is 12.1 Å². The van der Waals surface area contributed by atoms with Gasteiger partial charge in [-0.15, -0.1) is 0 Å². The highest BCUT2D eigenvalue weighted by molar-refractivity contribution is 9.10. The van der Waals surface area contributed by atoms with Crippen LogP contribution in [0.15, 0.2) is 21.0 Å². The van der Waals surface area contributed by atoms with Crippen molar-refractivity contribution in [3.05, 3.63) is 27.4 Å². The van der Waals surface area contributed by atoms with Crippen LogP contribution in [0, 0.1) is 5.82 Å². The van der Waals surface area contributed by atoms with Crippen molar-refractivity contribution in [3.63, 3.8) is 0 Å². The zero-order chi connectivity index (χ0) is 11.6. The lowest BCUT2D eigenvalue weighted by Crippen LogP contribution is -1.92. The van der Waals surface area contributed by atoms with Crippen molar-refractivity contribution in [2.75, 3.05) is 12.5 Å². The molecule has 0 aliphatic heterocycles. The Morgan fingerprint density at radius 2 is 2.13 bits per heavy atom. The van der Waals surface area contributed by atoms with E-state index in [-0.39, 0.29) is 10.7 Å². The average Bonchev–Trinajstić information content (AvgIpc) is 2.19. The van der Waals surface area contributed by atoms with Crippen LogP contribution in [0.2, 0.25) is 5.02 Å². The Morgan fingerprint density at radius 3 is 2.67 bits per heavy atom. The number of hydrogen-bond donors (Lipinski definition) is 0. The van der Waals surface area contributed by atoms with Crippen molar-refractivity contribution in [1.29, 1.82) is 0 Å². The second-order valence-electron chi connectivity index (χ2n) is 3.14. The lowest BCUT2D eigenvalue weighted by atomic mass is 10.3. The van der Waals surface area contributed by atoms with E-state index in [0.717, 1.165) is 0 Å². The topological polar surface area (TPSA) is 29.4 Å². The van der Waals surface area contributed by atoms with Gasteiger partial charge in [-0.2, -0.15) is 0 Å². The molecular weight excluding hydrogens is 305 g/mol. The summed E-state index contributed by atoms with van der Waals surface area (Å²) < 4.78 is 17.9. The molecule has 15 heavy (non-hydrogen) atoms. The van der Waals surface area contributed by atoms with Gasteiger partial charge in [0.25, 0.3) is 0 Å². The van der Waals surface area contributed by atoms with Crippen LogP contribution in [-0.2, 0) is 14.2 Å². The molecule has 6 heteroatoms. The van der Waals surface area contributed by atoms with Crippen molar-refractivity contribution < 1.29 is 9.18 Å². The van der Waals surface area contributed by atoms with Crippen LogP contribution in [0.4, 0.5) is 10.1 Å². The fourth-order valence-electron chi connectivity index (χ4n) is 0.847. The first-order chi connectivity index (χ1) is 6.87. The largest absolute Gasteiger partial charge is 0.226 e. The van der Waals surface area contributed by atoms with Crippen LogP contribution < -0.4 is 0 Å². The van der Waals surface area contributed by atoms with E-state index in [4.69, 9.17) is 11.6 Å². The molecule has 0 bridgehead atoms. The van der Waals surface area contributed by atoms with Gasteiger partial charge in [0.2, 0.25) is 0 Å². The van der Waals surface area contributed by atoms with Gasteiger partial charge in [0.05, 0.1) is 5.02 Å². The predicted molar refractivity (Wildman–Crippen MR) is 66.1 cm³/mol. The lowest BCUT2D eigenvalue weighted by molar-refractivity contribution is 0.571. The molecule has 0 radical (unpaired) electrons. The van der Waals surface area contributed by atoms with Crippen LogP contribution in [0.3, 0.4) is 0 Å². The molecule has 0 aliphatic carbocycles. The van der Waals surface area contributed by atoms with Crippen molar-refractivity contribution in [2.24, 2.45) is 4.36 Å².